The molecule has 0 bridgehead atoms. The summed E-state index contributed by atoms with van der Waals surface area (Å²) >= 11 is 0.997. The molecular formula is C20H19FN6O5S. The van der Waals surface area contributed by atoms with E-state index in [1.165, 1.54) is 28.9 Å². The van der Waals surface area contributed by atoms with Gasteiger partial charge in [0.15, 0.2) is 17.3 Å². The molecule has 2 aromatic carbocycles. The molecule has 4 rings (SSSR count). The Kier molecular flexibility index (Phi) is 6.78. The van der Waals surface area contributed by atoms with Gasteiger partial charge in [0.25, 0.3) is 0 Å². The predicted octanol–water partition coefficient (Wildman–Crippen LogP) is 1.92. The van der Waals surface area contributed by atoms with Crippen molar-refractivity contribution in [1.82, 2.24) is 20.2 Å². The first-order valence-corrected chi connectivity index (χ1v) is 10.7. The van der Waals surface area contributed by atoms with E-state index in [0.717, 1.165) is 11.8 Å². The zero-order valence-electron chi connectivity index (χ0n) is 17.1. The molecule has 0 aliphatic carbocycles. The molecule has 0 radical (unpaired) electrons. The molecule has 1 aromatic heterocycles. The Morgan fingerprint density at radius 2 is 1.88 bits per heavy atom. The Balaban J connectivity index is 1.24. The van der Waals surface area contributed by atoms with Crippen molar-refractivity contribution in [3.8, 4) is 17.2 Å². The minimum atomic E-state index is -0.695. The lowest BCUT2D eigenvalue weighted by Crippen LogP contribution is -2.35. The lowest BCUT2D eigenvalue weighted by atomic mass is 10.2. The van der Waals surface area contributed by atoms with Gasteiger partial charge in [-0.15, -0.1) is 10.2 Å². The van der Waals surface area contributed by atoms with E-state index >= 15 is 0 Å². The maximum atomic E-state index is 12.9. The number of ether oxygens (including phenoxy) is 3. The topological polar surface area (TPSA) is 143 Å². The highest BCUT2D eigenvalue weighted by molar-refractivity contribution is 7.99. The van der Waals surface area contributed by atoms with Crippen LogP contribution in [0.5, 0.6) is 17.2 Å². The molecule has 3 amide bonds. The summed E-state index contributed by atoms with van der Waals surface area (Å²) in [5.74, 6) is 6.74. The molecule has 172 valence electrons. The number of nitrogens with two attached hydrogens (primary N) is 1. The number of thioether (sulfide) groups is 1. The Morgan fingerprint density at radius 3 is 2.67 bits per heavy atom. The number of hydrogen-bond donors (Lipinski definition) is 3. The van der Waals surface area contributed by atoms with Crippen LogP contribution in [0.3, 0.4) is 0 Å². The summed E-state index contributed by atoms with van der Waals surface area (Å²) < 4.78 is 30.5. The fraction of sp³-hybridized carbons (Fsp3) is 0.200. The fourth-order valence-corrected chi connectivity index (χ4v) is 3.43. The number of nitrogen functional groups attached to an aromatic ring is 1. The van der Waals surface area contributed by atoms with Gasteiger partial charge < -0.3 is 25.4 Å². The van der Waals surface area contributed by atoms with Gasteiger partial charge in [-0.1, -0.05) is 11.8 Å². The summed E-state index contributed by atoms with van der Waals surface area (Å²) in [6.07, 6.45) is 0. The lowest BCUT2D eigenvalue weighted by Gasteiger charge is -2.19. The van der Waals surface area contributed by atoms with E-state index < -0.39 is 11.9 Å². The highest BCUT2D eigenvalue weighted by Crippen LogP contribution is 2.32. The summed E-state index contributed by atoms with van der Waals surface area (Å²) in [5, 5.41) is 12.9. The normalized spacial score (nSPS) is 12.2. The molecule has 13 heteroatoms. The molecule has 0 unspecified atom stereocenters. The molecule has 0 atom stereocenters. The highest BCUT2D eigenvalue weighted by atomic mass is 32.2. The third-order valence-electron chi connectivity index (χ3n) is 4.30. The number of halogens is 1. The molecule has 2 heterocycles. The molecule has 0 fully saturated rings. The second-order valence-electron chi connectivity index (χ2n) is 6.66. The highest BCUT2D eigenvalue weighted by Gasteiger charge is 2.16. The molecular weight excluding hydrogens is 455 g/mol. The second-order valence-corrected chi connectivity index (χ2v) is 7.60. The zero-order valence-corrected chi connectivity index (χ0v) is 17.9. The van der Waals surface area contributed by atoms with Gasteiger partial charge in [-0.2, -0.15) is 0 Å². The first-order chi connectivity index (χ1) is 16.0. The molecule has 33 heavy (non-hydrogen) atoms. The van der Waals surface area contributed by atoms with Crippen LogP contribution in [-0.2, 0) is 11.4 Å². The summed E-state index contributed by atoms with van der Waals surface area (Å²) in [6, 6.07) is 9.72. The number of fused-ring (bicyclic) bond motifs is 1. The minimum Gasteiger partial charge on any atom is -0.486 e. The van der Waals surface area contributed by atoms with E-state index in [9.17, 15) is 14.0 Å². The van der Waals surface area contributed by atoms with Gasteiger partial charge in [-0.05, 0) is 36.4 Å². The van der Waals surface area contributed by atoms with Crippen LogP contribution < -0.4 is 30.7 Å². The predicted molar refractivity (Wildman–Crippen MR) is 116 cm³/mol. The molecule has 0 spiro atoms. The van der Waals surface area contributed by atoms with Crippen molar-refractivity contribution in [2.45, 2.75) is 11.8 Å². The number of benzene rings is 2. The summed E-state index contributed by atoms with van der Waals surface area (Å²) in [4.78, 5) is 24.2. The van der Waals surface area contributed by atoms with Crippen LogP contribution in [0.1, 0.15) is 5.82 Å². The summed E-state index contributed by atoms with van der Waals surface area (Å²) in [7, 11) is 0. The van der Waals surface area contributed by atoms with Gasteiger partial charge in [0.05, 0.1) is 5.75 Å². The van der Waals surface area contributed by atoms with Crippen molar-refractivity contribution in [3.63, 3.8) is 0 Å². The molecule has 3 aromatic rings. The van der Waals surface area contributed by atoms with Gasteiger partial charge in [0.1, 0.15) is 31.4 Å². The third-order valence-corrected chi connectivity index (χ3v) is 5.25. The number of urea groups is 1. The number of nitrogens with one attached hydrogen (secondary N) is 2. The summed E-state index contributed by atoms with van der Waals surface area (Å²) in [6.45, 7) is 0.885. The largest absolute Gasteiger partial charge is 0.486 e. The Hall–Kier alpha value is -4.00. The first-order valence-electron chi connectivity index (χ1n) is 9.69. The smallest absolute Gasteiger partial charge is 0.325 e. The minimum absolute atomic E-state index is 0.000172. The van der Waals surface area contributed by atoms with Crippen molar-refractivity contribution in [3.05, 3.63) is 54.1 Å². The van der Waals surface area contributed by atoms with Gasteiger partial charge >= 0.3 is 6.03 Å². The van der Waals surface area contributed by atoms with Gasteiger partial charge in [0, 0.05) is 11.8 Å². The number of imide groups is 1. The molecule has 0 saturated heterocycles. The average Bonchev–Trinajstić information content (AvgIpc) is 3.16. The Morgan fingerprint density at radius 1 is 1.12 bits per heavy atom. The van der Waals surface area contributed by atoms with Gasteiger partial charge in [0.2, 0.25) is 11.1 Å². The van der Waals surface area contributed by atoms with E-state index in [2.05, 4.69) is 20.8 Å². The zero-order chi connectivity index (χ0) is 23.2. The van der Waals surface area contributed by atoms with Crippen LogP contribution >= 0.6 is 11.8 Å². The van der Waals surface area contributed by atoms with E-state index in [1.807, 2.05) is 0 Å². The molecule has 4 N–H and O–H groups in total. The van der Waals surface area contributed by atoms with Crippen molar-refractivity contribution in [2.75, 3.05) is 30.1 Å². The number of amides is 3. The van der Waals surface area contributed by atoms with Gasteiger partial charge in [-0.3, -0.25) is 10.1 Å². The standard InChI is InChI=1S/C20H19FN6O5S/c21-12-1-4-14(5-2-12)32-10-17-25-26-20(27(17)22)33-11-18(28)24-19(29)23-13-3-6-15-16(9-13)31-8-7-30-15/h1-6,9H,7-8,10-11,22H2,(H2,23,24,28,29). The number of hydrogen-bond acceptors (Lipinski definition) is 9. The number of rotatable bonds is 7. The maximum absolute atomic E-state index is 12.9. The van der Waals surface area contributed by atoms with Crippen LogP contribution in [0.15, 0.2) is 47.6 Å². The maximum Gasteiger partial charge on any atom is 0.325 e. The number of nitrogens with zero attached hydrogens (tertiary/aromatic N) is 3. The summed E-state index contributed by atoms with van der Waals surface area (Å²) in [5.41, 5.74) is 0.449. The number of carbonyl (C=O) groups is 2. The van der Waals surface area contributed by atoms with Crippen LogP contribution in [0.25, 0.3) is 0 Å². The average molecular weight is 474 g/mol. The van der Waals surface area contributed by atoms with E-state index in [0.29, 0.717) is 42.0 Å². The van der Waals surface area contributed by atoms with E-state index in [4.69, 9.17) is 20.1 Å². The monoisotopic (exact) mass is 474 g/mol. The Labute approximate surface area is 191 Å². The van der Waals surface area contributed by atoms with Crippen LogP contribution in [0, 0.1) is 5.82 Å². The van der Waals surface area contributed by atoms with E-state index in [1.54, 1.807) is 18.2 Å². The number of aromatic nitrogens is 3. The molecule has 1 aliphatic heterocycles. The van der Waals surface area contributed by atoms with Crippen molar-refractivity contribution in [1.29, 1.82) is 0 Å². The Bertz CT molecular complexity index is 1160. The molecule has 11 nitrogen and oxygen atoms in total. The quantitative estimate of drug-likeness (QED) is 0.346. The van der Waals surface area contributed by atoms with Crippen LogP contribution in [0.2, 0.25) is 0 Å². The van der Waals surface area contributed by atoms with Gasteiger partial charge in [-0.25, -0.2) is 13.9 Å². The molecule has 0 saturated carbocycles. The molecule has 1 aliphatic rings. The third kappa shape index (κ3) is 5.83. The SMILES string of the molecule is Nn1c(COc2ccc(F)cc2)nnc1SCC(=O)NC(=O)Nc1ccc2c(c1)OCCO2. The van der Waals surface area contributed by atoms with Crippen molar-refractivity contribution < 1.29 is 28.2 Å². The number of anilines is 1. The lowest BCUT2D eigenvalue weighted by molar-refractivity contribution is -0.117. The fourth-order valence-electron chi connectivity index (χ4n) is 2.76. The van der Waals surface area contributed by atoms with Crippen LogP contribution in [0.4, 0.5) is 14.9 Å². The second kappa shape index (κ2) is 10.1. The first kappa shape index (κ1) is 22.2. The number of carbonyl (C=O) groups excluding carboxylic acids is 2. The van der Waals surface area contributed by atoms with E-state index in [-0.39, 0.29) is 23.3 Å². The van der Waals surface area contributed by atoms with Crippen LogP contribution in [-0.4, -0.2) is 45.8 Å². The van der Waals surface area contributed by atoms with Crippen molar-refractivity contribution >= 4 is 29.4 Å². The van der Waals surface area contributed by atoms with Crippen molar-refractivity contribution in [2.24, 2.45) is 0 Å².